The molecule has 0 aliphatic heterocycles. The topological polar surface area (TPSA) is 73.1 Å². The van der Waals surface area contributed by atoms with Gasteiger partial charge in [-0.25, -0.2) is 0 Å². The maximum Gasteiger partial charge on any atom is 0.233 e. The van der Waals surface area contributed by atoms with Crippen LogP contribution in [-0.4, -0.2) is 50.5 Å². The molecule has 9 heteroatoms. The molecule has 33 heavy (non-hydrogen) atoms. The SMILES string of the molecule is COc1ccc(CN(C)C(=O)CSc2nnc(-c3ccncc3)n2-c2ccc(Cl)cc2)cc1. The van der Waals surface area contributed by atoms with Crippen molar-refractivity contribution < 1.29 is 9.53 Å². The second-order valence-corrected chi connectivity index (χ2v) is 8.62. The molecular weight excluding hydrogens is 458 g/mol. The van der Waals surface area contributed by atoms with Crippen LogP contribution in [0.2, 0.25) is 5.02 Å². The molecule has 4 rings (SSSR count). The Kier molecular flexibility index (Phi) is 7.26. The highest BCUT2D eigenvalue weighted by atomic mass is 35.5. The summed E-state index contributed by atoms with van der Waals surface area (Å²) in [6.07, 6.45) is 3.42. The van der Waals surface area contributed by atoms with Gasteiger partial charge in [0.05, 0.1) is 12.9 Å². The quantitative estimate of drug-likeness (QED) is 0.340. The zero-order chi connectivity index (χ0) is 23.2. The standard InChI is InChI=1S/C24H22ClN5O2S/c1-29(15-17-3-9-21(32-2)10-4-17)22(31)16-33-24-28-27-23(18-11-13-26-14-12-18)30(24)20-7-5-19(25)6-8-20/h3-14H,15-16H2,1-2H3. The van der Waals surface area contributed by atoms with Crippen molar-refractivity contribution in [1.29, 1.82) is 0 Å². The molecule has 0 radical (unpaired) electrons. The van der Waals surface area contributed by atoms with Crippen molar-refractivity contribution in [2.45, 2.75) is 11.7 Å². The summed E-state index contributed by atoms with van der Waals surface area (Å²) in [7, 11) is 3.42. The number of methoxy groups -OCH3 is 1. The van der Waals surface area contributed by atoms with Gasteiger partial charge in [-0.15, -0.1) is 10.2 Å². The summed E-state index contributed by atoms with van der Waals surface area (Å²) in [4.78, 5) is 18.6. The first-order chi connectivity index (χ1) is 16.0. The van der Waals surface area contributed by atoms with Gasteiger partial charge in [0.15, 0.2) is 11.0 Å². The number of ether oxygens (including phenoxy) is 1. The minimum Gasteiger partial charge on any atom is -0.497 e. The lowest BCUT2D eigenvalue weighted by atomic mass is 10.2. The molecular formula is C24H22ClN5O2S. The van der Waals surface area contributed by atoms with Crippen molar-refractivity contribution in [2.24, 2.45) is 0 Å². The molecule has 0 fully saturated rings. The van der Waals surface area contributed by atoms with Gasteiger partial charge in [0, 0.05) is 42.3 Å². The number of nitrogens with zero attached hydrogens (tertiary/aromatic N) is 5. The summed E-state index contributed by atoms with van der Waals surface area (Å²) in [5.74, 6) is 1.68. The predicted octanol–water partition coefficient (Wildman–Crippen LogP) is 4.74. The Morgan fingerprint density at radius 1 is 1.03 bits per heavy atom. The van der Waals surface area contributed by atoms with E-state index in [0.717, 1.165) is 22.6 Å². The zero-order valence-corrected chi connectivity index (χ0v) is 19.8. The van der Waals surface area contributed by atoms with E-state index in [0.29, 0.717) is 22.5 Å². The Balaban J connectivity index is 1.52. The van der Waals surface area contributed by atoms with Crippen molar-refractivity contribution >= 4 is 29.3 Å². The fourth-order valence-corrected chi connectivity index (χ4v) is 4.22. The number of carbonyl (C=O) groups excluding carboxylic acids is 1. The molecule has 168 valence electrons. The number of halogens is 1. The first-order valence-electron chi connectivity index (χ1n) is 10.2. The molecule has 4 aromatic rings. The van der Waals surface area contributed by atoms with Crippen LogP contribution in [0, 0.1) is 0 Å². The lowest BCUT2D eigenvalue weighted by molar-refractivity contribution is -0.127. The monoisotopic (exact) mass is 479 g/mol. The van der Waals surface area contributed by atoms with Gasteiger partial charge in [0.1, 0.15) is 5.75 Å². The van der Waals surface area contributed by atoms with Crippen molar-refractivity contribution in [1.82, 2.24) is 24.6 Å². The fourth-order valence-electron chi connectivity index (χ4n) is 3.20. The Hall–Kier alpha value is -3.36. The maximum absolute atomic E-state index is 12.8. The fraction of sp³-hybridized carbons (Fsp3) is 0.167. The van der Waals surface area contributed by atoms with Crippen LogP contribution in [-0.2, 0) is 11.3 Å². The molecule has 0 saturated carbocycles. The number of rotatable bonds is 8. The van der Waals surface area contributed by atoms with Gasteiger partial charge >= 0.3 is 0 Å². The molecule has 2 aromatic carbocycles. The minimum absolute atomic E-state index is 0.00747. The van der Waals surface area contributed by atoms with Crippen LogP contribution >= 0.6 is 23.4 Å². The van der Waals surface area contributed by atoms with Crippen molar-refractivity contribution in [2.75, 3.05) is 19.9 Å². The van der Waals surface area contributed by atoms with E-state index < -0.39 is 0 Å². The number of pyridine rings is 1. The molecule has 0 aliphatic carbocycles. The Labute approximate surface area is 201 Å². The molecule has 2 heterocycles. The Bertz CT molecular complexity index is 1210. The van der Waals surface area contributed by atoms with Gasteiger partial charge in [0.25, 0.3) is 0 Å². The highest BCUT2D eigenvalue weighted by molar-refractivity contribution is 7.99. The van der Waals surface area contributed by atoms with E-state index in [4.69, 9.17) is 16.3 Å². The second kappa shape index (κ2) is 10.5. The number of hydrogen-bond acceptors (Lipinski definition) is 6. The molecule has 0 atom stereocenters. The van der Waals surface area contributed by atoms with Crippen LogP contribution in [0.15, 0.2) is 78.2 Å². The number of hydrogen-bond donors (Lipinski definition) is 0. The number of amides is 1. The summed E-state index contributed by atoms with van der Waals surface area (Å²) < 4.78 is 7.11. The van der Waals surface area contributed by atoms with E-state index in [-0.39, 0.29) is 11.7 Å². The zero-order valence-electron chi connectivity index (χ0n) is 18.2. The minimum atomic E-state index is -0.00747. The third kappa shape index (κ3) is 5.53. The van der Waals surface area contributed by atoms with Crippen LogP contribution in [0.1, 0.15) is 5.56 Å². The largest absolute Gasteiger partial charge is 0.497 e. The molecule has 2 aromatic heterocycles. The molecule has 0 unspecified atom stereocenters. The summed E-state index contributed by atoms with van der Waals surface area (Å²) in [5, 5.41) is 10.0. The molecule has 0 aliphatic rings. The van der Waals surface area contributed by atoms with Gasteiger partial charge in [0.2, 0.25) is 5.91 Å². The number of benzene rings is 2. The van der Waals surface area contributed by atoms with Crippen LogP contribution in [0.25, 0.3) is 17.1 Å². The van der Waals surface area contributed by atoms with Gasteiger partial charge in [-0.2, -0.15) is 0 Å². The molecule has 7 nitrogen and oxygen atoms in total. The van der Waals surface area contributed by atoms with E-state index >= 15 is 0 Å². The lowest BCUT2D eigenvalue weighted by Gasteiger charge is -2.17. The van der Waals surface area contributed by atoms with E-state index in [9.17, 15) is 4.79 Å². The summed E-state index contributed by atoms with van der Waals surface area (Å²) >= 11 is 7.42. The van der Waals surface area contributed by atoms with Gasteiger partial charge in [-0.1, -0.05) is 35.5 Å². The average Bonchev–Trinajstić information content (AvgIpc) is 3.28. The van der Waals surface area contributed by atoms with E-state index in [1.807, 2.05) is 65.2 Å². The number of thioether (sulfide) groups is 1. The van der Waals surface area contributed by atoms with E-state index in [1.54, 1.807) is 31.5 Å². The summed E-state index contributed by atoms with van der Waals surface area (Å²) in [5.41, 5.74) is 2.76. The summed E-state index contributed by atoms with van der Waals surface area (Å²) in [6.45, 7) is 0.509. The Morgan fingerprint density at radius 3 is 2.39 bits per heavy atom. The van der Waals surface area contributed by atoms with E-state index in [1.165, 1.54) is 11.8 Å². The van der Waals surface area contributed by atoms with Crippen LogP contribution in [0.3, 0.4) is 0 Å². The summed E-state index contributed by atoms with van der Waals surface area (Å²) in [6, 6.07) is 18.9. The smallest absolute Gasteiger partial charge is 0.233 e. The highest BCUT2D eigenvalue weighted by Gasteiger charge is 2.18. The maximum atomic E-state index is 12.8. The number of aromatic nitrogens is 4. The third-order valence-electron chi connectivity index (χ3n) is 4.99. The van der Waals surface area contributed by atoms with Crippen molar-refractivity contribution in [3.05, 3.63) is 83.6 Å². The normalized spacial score (nSPS) is 10.8. The van der Waals surface area contributed by atoms with Gasteiger partial charge < -0.3 is 9.64 Å². The Morgan fingerprint density at radius 2 is 1.73 bits per heavy atom. The lowest BCUT2D eigenvalue weighted by Crippen LogP contribution is -2.27. The molecule has 1 amide bonds. The van der Waals surface area contributed by atoms with E-state index in [2.05, 4.69) is 15.2 Å². The van der Waals surface area contributed by atoms with Crippen molar-refractivity contribution in [3.8, 4) is 22.8 Å². The first kappa shape index (κ1) is 22.8. The predicted molar refractivity (Wildman–Crippen MR) is 130 cm³/mol. The first-order valence-corrected chi connectivity index (χ1v) is 11.5. The molecule has 0 saturated heterocycles. The van der Waals surface area contributed by atoms with Gasteiger partial charge in [-0.3, -0.25) is 14.3 Å². The van der Waals surface area contributed by atoms with Gasteiger partial charge in [-0.05, 0) is 54.1 Å². The highest BCUT2D eigenvalue weighted by Crippen LogP contribution is 2.28. The van der Waals surface area contributed by atoms with Crippen LogP contribution < -0.4 is 4.74 Å². The molecule has 0 bridgehead atoms. The van der Waals surface area contributed by atoms with Crippen LogP contribution in [0.4, 0.5) is 0 Å². The van der Waals surface area contributed by atoms with Crippen LogP contribution in [0.5, 0.6) is 5.75 Å². The number of carbonyl (C=O) groups is 1. The van der Waals surface area contributed by atoms with Crippen molar-refractivity contribution in [3.63, 3.8) is 0 Å². The molecule has 0 N–H and O–H groups in total. The third-order valence-corrected chi connectivity index (χ3v) is 6.15. The average molecular weight is 480 g/mol. The second-order valence-electron chi connectivity index (χ2n) is 7.24. The molecule has 0 spiro atoms.